The Morgan fingerprint density at radius 1 is 0.392 bits per heavy atom. The molecular weight excluding hydrogens is 1910 g/mol. The Morgan fingerprint density at radius 2 is 0.720 bits per heavy atom. The lowest BCUT2D eigenvalue weighted by Gasteiger charge is -2.44. The van der Waals surface area contributed by atoms with Crippen molar-refractivity contribution in [2.45, 2.75) is 285 Å². The number of hydrogen-bond acceptors (Lipinski definition) is 30. The maximum absolute atomic E-state index is 15.9. The molecule has 3 aliphatic rings. The molecular formula is C101H155N11O28PS2-. The van der Waals surface area contributed by atoms with Crippen LogP contribution in [0.2, 0.25) is 0 Å². The van der Waals surface area contributed by atoms with E-state index in [1.54, 1.807) is 29.2 Å². The molecule has 9 N–H and O–H groups in total. The Hall–Kier alpha value is -10.1. The van der Waals surface area contributed by atoms with Crippen molar-refractivity contribution in [1.82, 2.24) is 57.1 Å². The van der Waals surface area contributed by atoms with Gasteiger partial charge in [-0.25, -0.2) is 11.2 Å². The van der Waals surface area contributed by atoms with Crippen molar-refractivity contribution in [2.75, 3.05) is 119 Å². The highest BCUT2D eigenvalue weighted by Crippen LogP contribution is 2.43. The van der Waals surface area contributed by atoms with E-state index in [0.717, 1.165) is 0 Å². The van der Waals surface area contributed by atoms with Crippen LogP contribution in [0.4, 0.5) is 0 Å². The number of amides is 11. The minimum absolute atomic E-state index is 0.00849. The number of ether oxygens (including phenoxy) is 13. The Labute approximate surface area is 849 Å². The molecule has 3 aliphatic heterocycles. The van der Waals surface area contributed by atoms with Crippen LogP contribution in [0.25, 0.3) is 0 Å². The van der Waals surface area contributed by atoms with Gasteiger partial charge in [0.1, 0.15) is 36.9 Å². The van der Waals surface area contributed by atoms with Crippen molar-refractivity contribution in [3.8, 4) is 11.5 Å². The average molecular weight is 2070 g/mol. The lowest BCUT2D eigenvalue weighted by Crippen LogP contribution is -2.58. The van der Waals surface area contributed by atoms with Gasteiger partial charge in [0.05, 0.1) is 63.7 Å². The highest BCUT2D eigenvalue weighted by atomic mass is 32.9. The number of carbonyl (C=O) groups excluding carboxylic acids is 15. The first-order valence-corrected chi connectivity index (χ1v) is 53.2. The van der Waals surface area contributed by atoms with Crippen LogP contribution in [0.1, 0.15) is 235 Å². The topological polar surface area (TPSA) is 491 Å². The summed E-state index contributed by atoms with van der Waals surface area (Å²) in [5, 5.41) is 23.3. The maximum atomic E-state index is 15.9. The standard InChI is InChI=1S/C101H155N11O28PS2/c1-65-68(4)94(107-71(7)113)98(138-82(65)61-133-74(10)116)130-58-23-18-33-86(119)102-49-26-36-89(122)105-52-29-56-111(92(125)38-28-51-104-88(121)35-20-25-60-132-100-96(109-73(9)115)70(6)67(3)84(140-100)63-135-76(12)118)54-21-22-55-112(57-30-53-106-90(123)37-27-50-103-87(120)34-19-24-59-131-99-95(108-72(8)114)69(5)66(2)83(139-99)62-134-75(11)117)97(127)85(137-93(126)48-47-91(124)110-143(141)142)64-136-101(77-31-16-15-17-32-77,78-39-43-80(128-13)44-40-78)79-41-45-81(129-14)46-42-79/h15-17,31-32,39-46,65-70,82-85,94-96,98-100,141H,18-30,33-38,47-64H2,1-14H3,(H,102,119)(H,103,120)(H,104,121)(H,105,122)(H,106,123)(H,107,113)(H,108,114)(H,109,115)(H,110,124,142)/q-1. The molecule has 3 aromatic rings. The molecule has 0 spiro atoms. The monoisotopic (exact) mass is 2070 g/mol. The van der Waals surface area contributed by atoms with Gasteiger partial charge in [-0.1, -0.05) is 96.1 Å². The van der Waals surface area contributed by atoms with Crippen molar-refractivity contribution < 1.29 is 133 Å². The van der Waals surface area contributed by atoms with Crippen LogP contribution < -0.4 is 56.7 Å². The van der Waals surface area contributed by atoms with Crippen LogP contribution in [0, 0.1) is 35.5 Å². The van der Waals surface area contributed by atoms with Gasteiger partial charge in [-0.15, -0.1) is 0 Å². The minimum Gasteiger partial charge on any atom is -0.497 e. The van der Waals surface area contributed by atoms with E-state index < -0.39 is 125 Å². The lowest BCUT2D eigenvalue weighted by molar-refractivity contribution is -0.244. The zero-order valence-electron chi connectivity index (χ0n) is 85.5. The molecule has 3 fully saturated rings. The van der Waals surface area contributed by atoms with Crippen molar-refractivity contribution in [1.29, 1.82) is 0 Å². The Kier molecular flexibility index (Phi) is 56.2. The van der Waals surface area contributed by atoms with E-state index in [1.807, 2.05) is 96.1 Å². The molecule has 6 rings (SSSR count). The highest BCUT2D eigenvalue weighted by Gasteiger charge is 2.47. The van der Waals surface area contributed by atoms with Gasteiger partial charge < -0.3 is 119 Å². The molecule has 0 radical (unpaired) electrons. The number of unbranched alkanes of at least 4 members (excludes halogenated alkanes) is 4. The Bertz CT molecular complexity index is 4520. The second kappa shape index (κ2) is 66.1. The van der Waals surface area contributed by atoms with Crippen LogP contribution in [-0.2, 0) is 150 Å². The lowest BCUT2D eigenvalue weighted by atomic mass is 9.80. The van der Waals surface area contributed by atoms with E-state index in [4.69, 9.17) is 72.8 Å². The van der Waals surface area contributed by atoms with Crippen LogP contribution >= 0.6 is 8.02 Å². The predicted molar refractivity (Wildman–Crippen MR) is 536 cm³/mol. The predicted octanol–water partition coefficient (Wildman–Crippen LogP) is 7.77. The maximum Gasteiger partial charge on any atom is 0.307 e. The van der Waals surface area contributed by atoms with E-state index in [9.17, 15) is 67.1 Å². The fourth-order valence-corrected chi connectivity index (χ4v) is 18.0. The molecule has 0 aromatic heterocycles. The highest BCUT2D eigenvalue weighted by molar-refractivity contribution is 8.38. The molecule has 42 heteroatoms. The minimum atomic E-state index is -1.68. The summed E-state index contributed by atoms with van der Waals surface area (Å²) in [5.41, 5.74) is 0.292. The van der Waals surface area contributed by atoms with Crippen molar-refractivity contribution in [3.05, 3.63) is 95.6 Å². The summed E-state index contributed by atoms with van der Waals surface area (Å²) in [6.07, 6.45) is -0.908. The van der Waals surface area contributed by atoms with E-state index in [0.29, 0.717) is 92.4 Å². The van der Waals surface area contributed by atoms with Gasteiger partial charge in [-0.05, 0) is 160 Å². The molecule has 11 amide bonds. The van der Waals surface area contributed by atoms with Gasteiger partial charge >= 0.3 is 23.9 Å². The largest absolute Gasteiger partial charge is 0.497 e. The molecule has 0 bridgehead atoms. The SMILES string of the molecule is COc1ccc(C(OCC(OC(=O)CCC(=O)N[S-](=P)=S)C(=O)N(CCCCN(CCCNC(=O)CCCNC(=O)CCCCOC2OC(COC(C)=O)C(C)C(C)C2NC(C)=O)C(=O)CCCNC(=O)CCCCOC2OC(COC(C)=O)C(C)C(C)C2NC(C)=O)CCCNC(=O)CCCNC(=O)CCCCOC2OC(COC(C)=O)C(C)C(C)C2NC(C)=O)(c2ccccc2)c2ccc(OC)cc2)cc1. The van der Waals surface area contributed by atoms with Gasteiger partial charge in [0.2, 0.25) is 65.2 Å². The third kappa shape index (κ3) is 44.4. The van der Waals surface area contributed by atoms with Crippen LogP contribution in [0.5, 0.6) is 11.5 Å². The number of benzene rings is 3. The first-order valence-electron chi connectivity index (χ1n) is 49.9. The van der Waals surface area contributed by atoms with Gasteiger partial charge in [0, 0.05) is 165 Å². The normalized spacial score (nSPS) is 21.0. The van der Waals surface area contributed by atoms with E-state index in [1.165, 1.54) is 60.7 Å². The van der Waals surface area contributed by atoms with Crippen LogP contribution in [0.3, 0.4) is 0 Å². The third-order valence-electron chi connectivity index (χ3n) is 25.7. The zero-order chi connectivity index (χ0) is 105. The molecule has 800 valence electrons. The molecule has 3 saturated heterocycles. The number of carbonyl (C=O) groups is 15. The van der Waals surface area contributed by atoms with Crippen molar-refractivity contribution >= 4 is 117 Å². The van der Waals surface area contributed by atoms with Gasteiger partial charge in [-0.3, -0.25) is 88.8 Å². The summed E-state index contributed by atoms with van der Waals surface area (Å²) in [4.78, 5) is 199. The van der Waals surface area contributed by atoms with Crippen molar-refractivity contribution in [3.63, 3.8) is 0 Å². The fraction of sp³-hybridized carbons (Fsp3) is 0.673. The summed E-state index contributed by atoms with van der Waals surface area (Å²) in [5.74, 6) is -5.18. The summed E-state index contributed by atoms with van der Waals surface area (Å²) in [6, 6.07) is 22.2. The summed E-state index contributed by atoms with van der Waals surface area (Å²) in [6.45, 7) is 21.3. The molecule has 16 atom stereocenters. The second-order valence-electron chi connectivity index (χ2n) is 36.6. The van der Waals surface area contributed by atoms with Gasteiger partial charge in [0.15, 0.2) is 18.9 Å². The van der Waals surface area contributed by atoms with E-state index in [2.05, 4.69) is 55.3 Å². The molecule has 143 heavy (non-hydrogen) atoms. The van der Waals surface area contributed by atoms with E-state index in [-0.39, 0.29) is 251 Å². The number of esters is 4. The van der Waals surface area contributed by atoms with Crippen molar-refractivity contribution in [2.24, 2.45) is 35.5 Å². The number of rotatable bonds is 66. The number of nitrogens with zero attached hydrogens (tertiary/aromatic N) is 2. The molecule has 16 unspecified atom stereocenters. The third-order valence-corrected chi connectivity index (χ3v) is 26.7. The molecule has 0 saturated carbocycles. The first-order chi connectivity index (χ1) is 68.3. The van der Waals surface area contributed by atoms with Gasteiger partial charge in [0.25, 0.3) is 5.91 Å². The number of hydrogen-bond donors (Lipinski definition) is 9. The summed E-state index contributed by atoms with van der Waals surface area (Å²) in [7, 11) is 5.17. The molecule has 3 aromatic carbocycles. The smallest absolute Gasteiger partial charge is 0.307 e. The summed E-state index contributed by atoms with van der Waals surface area (Å²) < 4.78 is 79.9. The fourth-order valence-electron chi connectivity index (χ4n) is 17.1. The first kappa shape index (κ1) is 122. The zero-order valence-corrected chi connectivity index (χ0v) is 88.2. The Morgan fingerprint density at radius 3 is 1.07 bits per heavy atom. The molecule has 3 heterocycles. The second-order valence-corrected chi connectivity index (χ2v) is 40.5. The number of methoxy groups -OCH3 is 2. The summed E-state index contributed by atoms with van der Waals surface area (Å²) >= 11 is 5.14. The number of nitrogens with one attached hydrogen (secondary N) is 9. The van der Waals surface area contributed by atoms with Gasteiger partial charge in [-0.2, -0.15) is 0 Å². The van der Waals surface area contributed by atoms with Crippen LogP contribution in [-0.4, -0.2) is 279 Å². The Balaban J connectivity index is 1.16. The van der Waals surface area contributed by atoms with E-state index >= 15 is 4.79 Å². The van der Waals surface area contributed by atoms with Crippen LogP contribution in [0.15, 0.2) is 78.9 Å². The molecule has 39 nitrogen and oxygen atoms in total. The molecule has 0 aliphatic carbocycles. The average Bonchev–Trinajstić information content (AvgIpc) is 0.748. The quantitative estimate of drug-likeness (QED) is 0.00650.